The quantitative estimate of drug-likeness (QED) is 0.647. The molecular weight excluding hydrogens is 390 g/mol. The minimum atomic E-state index is 0.306. The topological polar surface area (TPSA) is 63.9 Å². The molecular formula is C21H26ClN5O2. The summed E-state index contributed by atoms with van der Waals surface area (Å²) in [5, 5.41) is 8.51. The molecule has 0 spiro atoms. The number of ether oxygens (including phenoxy) is 2. The molecule has 1 fully saturated rings. The van der Waals surface area contributed by atoms with Gasteiger partial charge >= 0.3 is 0 Å². The molecule has 8 heteroatoms. The Morgan fingerprint density at radius 2 is 2.10 bits per heavy atom. The first-order valence-electron chi connectivity index (χ1n) is 9.72. The highest BCUT2D eigenvalue weighted by molar-refractivity contribution is 6.33. The Bertz CT molecular complexity index is 1020. The Morgan fingerprint density at radius 1 is 1.28 bits per heavy atom. The first-order chi connectivity index (χ1) is 14.0. The van der Waals surface area contributed by atoms with Gasteiger partial charge < -0.3 is 19.7 Å². The van der Waals surface area contributed by atoms with Crippen LogP contribution in [-0.4, -0.2) is 48.0 Å². The summed E-state index contributed by atoms with van der Waals surface area (Å²) in [4.78, 5) is 7.17. The molecule has 1 aliphatic heterocycles. The first kappa shape index (κ1) is 19.8. The van der Waals surface area contributed by atoms with E-state index < -0.39 is 0 Å². The molecule has 7 nitrogen and oxygen atoms in total. The number of methoxy groups -OCH3 is 2. The largest absolute Gasteiger partial charge is 0.497 e. The van der Waals surface area contributed by atoms with Gasteiger partial charge in [-0.3, -0.25) is 0 Å². The normalized spacial score (nSPS) is 19.1. The van der Waals surface area contributed by atoms with Crippen LogP contribution >= 0.6 is 11.6 Å². The molecule has 1 aliphatic rings. The molecule has 0 amide bonds. The van der Waals surface area contributed by atoms with Crippen LogP contribution in [0, 0.1) is 12.8 Å². The van der Waals surface area contributed by atoms with Crippen molar-refractivity contribution >= 4 is 34.6 Å². The molecule has 0 radical (unpaired) electrons. The third-order valence-electron chi connectivity index (χ3n) is 5.42. The molecule has 2 aromatic heterocycles. The monoisotopic (exact) mass is 415 g/mol. The van der Waals surface area contributed by atoms with Crippen molar-refractivity contribution in [3.63, 3.8) is 0 Å². The van der Waals surface area contributed by atoms with Crippen molar-refractivity contribution < 1.29 is 9.47 Å². The van der Waals surface area contributed by atoms with Crippen molar-refractivity contribution in [3.8, 4) is 5.75 Å². The fraction of sp³-hybridized carbons (Fsp3) is 0.429. The molecule has 4 rings (SSSR count). The van der Waals surface area contributed by atoms with E-state index in [1.165, 1.54) is 0 Å². The van der Waals surface area contributed by atoms with Crippen LogP contribution in [0.15, 0.2) is 30.5 Å². The van der Waals surface area contributed by atoms with Crippen LogP contribution in [0.4, 0.5) is 17.3 Å². The molecule has 0 saturated carbocycles. The number of hydrogen-bond acceptors (Lipinski definition) is 6. The lowest BCUT2D eigenvalue weighted by Crippen LogP contribution is -2.35. The second kappa shape index (κ2) is 8.08. The van der Waals surface area contributed by atoms with Crippen molar-refractivity contribution in [3.05, 3.63) is 41.0 Å². The molecule has 29 heavy (non-hydrogen) atoms. The lowest BCUT2D eigenvalue weighted by molar-refractivity contribution is 0.179. The Labute approximate surface area is 175 Å². The summed E-state index contributed by atoms with van der Waals surface area (Å²) >= 11 is 6.44. The van der Waals surface area contributed by atoms with E-state index in [2.05, 4.69) is 29.2 Å². The van der Waals surface area contributed by atoms with E-state index in [1.807, 2.05) is 22.7 Å². The molecule has 3 heterocycles. The van der Waals surface area contributed by atoms with Crippen LogP contribution in [0.5, 0.6) is 5.75 Å². The van der Waals surface area contributed by atoms with Gasteiger partial charge in [-0.25, -0.2) is 4.98 Å². The third-order valence-corrected chi connectivity index (χ3v) is 5.74. The number of rotatable bonds is 6. The molecule has 2 atom stereocenters. The summed E-state index contributed by atoms with van der Waals surface area (Å²) in [6, 6.07) is 7.77. The average molecular weight is 416 g/mol. The molecule has 1 saturated heterocycles. The second-order valence-electron chi connectivity index (χ2n) is 7.58. The number of halogens is 1. The maximum Gasteiger partial charge on any atom is 0.159 e. The number of fused-ring (bicyclic) bond motifs is 1. The highest BCUT2D eigenvalue weighted by atomic mass is 35.5. The van der Waals surface area contributed by atoms with Gasteiger partial charge in [0, 0.05) is 31.4 Å². The Hall–Kier alpha value is -2.51. The van der Waals surface area contributed by atoms with Crippen LogP contribution in [0.2, 0.25) is 5.02 Å². The maximum absolute atomic E-state index is 6.44. The summed E-state index contributed by atoms with van der Waals surface area (Å²) in [6.07, 6.45) is 2.87. The van der Waals surface area contributed by atoms with E-state index in [9.17, 15) is 0 Å². The summed E-state index contributed by atoms with van der Waals surface area (Å²) in [5.41, 5.74) is 2.58. The highest BCUT2D eigenvalue weighted by Gasteiger charge is 2.33. The van der Waals surface area contributed by atoms with Gasteiger partial charge in [-0.2, -0.15) is 9.61 Å². The van der Waals surface area contributed by atoms with Crippen molar-refractivity contribution in [2.24, 2.45) is 5.92 Å². The van der Waals surface area contributed by atoms with Gasteiger partial charge in [0.15, 0.2) is 5.65 Å². The zero-order valence-electron chi connectivity index (χ0n) is 17.1. The molecule has 154 valence electrons. The molecule has 1 aromatic carbocycles. The van der Waals surface area contributed by atoms with Crippen LogP contribution < -0.4 is 15.0 Å². The van der Waals surface area contributed by atoms with E-state index >= 15 is 0 Å². The van der Waals surface area contributed by atoms with E-state index in [0.29, 0.717) is 29.3 Å². The summed E-state index contributed by atoms with van der Waals surface area (Å²) in [7, 11) is 3.38. The number of nitrogens with zero attached hydrogens (tertiary/aromatic N) is 4. The van der Waals surface area contributed by atoms with Crippen LogP contribution in [0.3, 0.4) is 0 Å². The maximum atomic E-state index is 6.44. The van der Waals surface area contributed by atoms with Gasteiger partial charge in [0.1, 0.15) is 17.4 Å². The summed E-state index contributed by atoms with van der Waals surface area (Å²) in [5.74, 6) is 3.10. The van der Waals surface area contributed by atoms with Crippen LogP contribution in [-0.2, 0) is 4.74 Å². The van der Waals surface area contributed by atoms with E-state index in [1.54, 1.807) is 26.5 Å². The second-order valence-corrected chi connectivity index (χ2v) is 7.99. The number of nitrogens with one attached hydrogen (secondary N) is 1. The minimum Gasteiger partial charge on any atom is -0.497 e. The highest BCUT2D eigenvalue weighted by Crippen LogP contribution is 2.36. The minimum absolute atomic E-state index is 0.306. The SMILES string of the molecule is COC[C@H]1C[C@H](C)CN1c1c(C)c(Nc2ccc(OC)cc2Cl)nc2ccnn12. The van der Waals surface area contributed by atoms with Gasteiger partial charge in [-0.15, -0.1) is 0 Å². The van der Waals surface area contributed by atoms with E-state index in [0.717, 1.165) is 41.5 Å². The summed E-state index contributed by atoms with van der Waals surface area (Å²) in [6.45, 7) is 5.98. The van der Waals surface area contributed by atoms with Gasteiger partial charge in [-0.1, -0.05) is 18.5 Å². The van der Waals surface area contributed by atoms with Gasteiger partial charge in [0.05, 0.1) is 36.7 Å². The summed E-state index contributed by atoms with van der Waals surface area (Å²) < 4.78 is 12.6. The number of benzene rings is 1. The Balaban J connectivity index is 1.78. The number of hydrogen-bond donors (Lipinski definition) is 1. The number of aromatic nitrogens is 3. The Morgan fingerprint density at radius 3 is 2.83 bits per heavy atom. The van der Waals surface area contributed by atoms with E-state index in [4.69, 9.17) is 26.1 Å². The standard InChI is InChI=1S/C21H26ClN5O2/c1-13-9-15(12-28-3)26(11-13)21-14(2)20(25-19-7-8-23-27(19)21)24-18-6-5-16(29-4)10-17(18)22/h5-8,10,13,15H,9,11-12H2,1-4H3,(H,24,25)/t13-,15+/m0/s1. The van der Waals surface area contributed by atoms with Crippen molar-refractivity contribution in [1.29, 1.82) is 0 Å². The molecule has 0 aliphatic carbocycles. The zero-order valence-corrected chi connectivity index (χ0v) is 17.9. The molecule has 0 bridgehead atoms. The van der Waals surface area contributed by atoms with Gasteiger partial charge in [0.2, 0.25) is 0 Å². The number of anilines is 3. The van der Waals surface area contributed by atoms with Crippen molar-refractivity contribution in [2.75, 3.05) is 37.6 Å². The van der Waals surface area contributed by atoms with Crippen LogP contribution in [0.25, 0.3) is 5.65 Å². The van der Waals surface area contributed by atoms with Gasteiger partial charge in [-0.05, 0) is 31.4 Å². The fourth-order valence-electron chi connectivity index (χ4n) is 4.08. The predicted octanol–water partition coefficient (Wildman–Crippen LogP) is 4.30. The van der Waals surface area contributed by atoms with Crippen LogP contribution in [0.1, 0.15) is 18.9 Å². The van der Waals surface area contributed by atoms with E-state index in [-0.39, 0.29) is 0 Å². The first-order valence-corrected chi connectivity index (χ1v) is 10.1. The average Bonchev–Trinajstić information content (AvgIpc) is 3.30. The molecule has 0 unspecified atom stereocenters. The smallest absolute Gasteiger partial charge is 0.159 e. The van der Waals surface area contributed by atoms with Crippen molar-refractivity contribution in [1.82, 2.24) is 14.6 Å². The Kier molecular flexibility index (Phi) is 5.52. The molecule has 1 N–H and O–H groups in total. The third kappa shape index (κ3) is 3.72. The lowest BCUT2D eigenvalue weighted by Gasteiger charge is -2.29. The molecule has 3 aromatic rings. The zero-order chi connectivity index (χ0) is 20.5. The lowest BCUT2D eigenvalue weighted by atomic mass is 10.1. The fourth-order valence-corrected chi connectivity index (χ4v) is 4.30. The van der Waals surface area contributed by atoms with Crippen molar-refractivity contribution in [2.45, 2.75) is 26.3 Å². The van der Waals surface area contributed by atoms with Gasteiger partial charge in [0.25, 0.3) is 0 Å². The predicted molar refractivity (Wildman–Crippen MR) is 116 cm³/mol.